The smallest absolute Gasteiger partial charge is 0.332 e. The Morgan fingerprint density at radius 3 is 2.48 bits per heavy atom. The summed E-state index contributed by atoms with van der Waals surface area (Å²) in [5.41, 5.74) is 4.42. The number of anilines is 3. The van der Waals surface area contributed by atoms with E-state index in [9.17, 15) is 19.3 Å². The molecule has 0 radical (unpaired) electrons. The number of pyridine rings is 1. The van der Waals surface area contributed by atoms with E-state index in [1.165, 1.54) is 42.7 Å². The number of carbonyl (C=O) groups excluding carboxylic acids is 1. The largest absolute Gasteiger partial charge is 0.355 e. The third-order valence-corrected chi connectivity index (χ3v) is 3.37. The van der Waals surface area contributed by atoms with Crippen molar-refractivity contribution in [3.8, 4) is 0 Å². The van der Waals surface area contributed by atoms with E-state index in [1.54, 1.807) is 6.07 Å². The summed E-state index contributed by atoms with van der Waals surface area (Å²) in [6.07, 6.45) is 3.90. The molecule has 2 aromatic heterocycles. The minimum Gasteiger partial charge on any atom is -0.332 e. The SMILES string of the molecule is O=C(NNc1ncnc(Nc2ccccc2F)c1[N+](=O)[O-])c1ccncc1. The van der Waals surface area contributed by atoms with Gasteiger partial charge in [0, 0.05) is 18.0 Å². The molecule has 3 rings (SSSR count). The van der Waals surface area contributed by atoms with E-state index in [1.807, 2.05) is 0 Å². The van der Waals surface area contributed by atoms with Crippen LogP contribution in [0.3, 0.4) is 0 Å². The van der Waals surface area contributed by atoms with Crippen LogP contribution in [0.4, 0.5) is 27.4 Å². The molecule has 2 heterocycles. The second-order valence-electron chi connectivity index (χ2n) is 5.10. The predicted molar refractivity (Wildman–Crippen MR) is 93.7 cm³/mol. The van der Waals surface area contributed by atoms with Gasteiger partial charge in [-0.2, -0.15) is 0 Å². The molecule has 10 nitrogen and oxygen atoms in total. The van der Waals surface area contributed by atoms with Gasteiger partial charge in [-0.3, -0.25) is 30.7 Å². The van der Waals surface area contributed by atoms with Crippen molar-refractivity contribution in [1.82, 2.24) is 20.4 Å². The first-order valence-electron chi connectivity index (χ1n) is 7.53. The number of nitrogens with zero attached hydrogens (tertiary/aromatic N) is 4. The van der Waals surface area contributed by atoms with E-state index in [-0.39, 0.29) is 17.3 Å². The summed E-state index contributed by atoms with van der Waals surface area (Å²) in [6, 6.07) is 8.58. The Labute approximate surface area is 151 Å². The first-order valence-corrected chi connectivity index (χ1v) is 7.53. The number of nitrogens with one attached hydrogen (secondary N) is 3. The normalized spacial score (nSPS) is 10.1. The first kappa shape index (κ1) is 17.7. The van der Waals surface area contributed by atoms with Crippen molar-refractivity contribution in [1.29, 1.82) is 0 Å². The number of benzene rings is 1. The molecule has 3 aromatic rings. The Bertz CT molecular complexity index is 985. The lowest BCUT2D eigenvalue weighted by molar-refractivity contribution is -0.383. The lowest BCUT2D eigenvalue weighted by Crippen LogP contribution is -2.30. The lowest BCUT2D eigenvalue weighted by Gasteiger charge is -2.11. The van der Waals surface area contributed by atoms with Crippen LogP contribution in [0.15, 0.2) is 55.1 Å². The van der Waals surface area contributed by atoms with Crippen LogP contribution in [-0.4, -0.2) is 25.8 Å². The molecule has 1 aromatic carbocycles. The molecule has 0 aliphatic heterocycles. The van der Waals surface area contributed by atoms with Gasteiger partial charge in [0.15, 0.2) is 0 Å². The molecule has 0 saturated heterocycles. The van der Waals surface area contributed by atoms with Crippen molar-refractivity contribution in [2.45, 2.75) is 0 Å². The van der Waals surface area contributed by atoms with Crippen LogP contribution in [0.5, 0.6) is 0 Å². The standard InChI is InChI=1S/C16H12FN7O3/c17-11-3-1-2-4-12(11)21-14-13(24(26)27)15(20-9-19-14)22-23-16(25)10-5-7-18-8-6-10/h1-9H,(H,23,25)(H2,19,20,21,22). The van der Waals surface area contributed by atoms with Crippen molar-refractivity contribution in [3.05, 3.63) is 76.6 Å². The zero-order chi connectivity index (χ0) is 19.2. The fourth-order valence-corrected chi connectivity index (χ4v) is 2.12. The van der Waals surface area contributed by atoms with Crippen LogP contribution in [0.2, 0.25) is 0 Å². The number of nitro groups is 1. The van der Waals surface area contributed by atoms with Crippen LogP contribution in [0, 0.1) is 15.9 Å². The molecule has 3 N–H and O–H groups in total. The zero-order valence-electron chi connectivity index (χ0n) is 13.6. The van der Waals surface area contributed by atoms with Gasteiger partial charge in [0.2, 0.25) is 11.6 Å². The van der Waals surface area contributed by atoms with E-state index in [0.29, 0.717) is 5.56 Å². The first-order chi connectivity index (χ1) is 13.1. The van der Waals surface area contributed by atoms with Crippen molar-refractivity contribution < 1.29 is 14.1 Å². The highest BCUT2D eigenvalue weighted by atomic mass is 19.1. The maximum atomic E-state index is 13.8. The summed E-state index contributed by atoms with van der Waals surface area (Å²) >= 11 is 0. The van der Waals surface area contributed by atoms with Gasteiger partial charge < -0.3 is 5.32 Å². The molecule has 136 valence electrons. The summed E-state index contributed by atoms with van der Waals surface area (Å²) in [4.78, 5) is 34.1. The maximum absolute atomic E-state index is 13.8. The number of carbonyl (C=O) groups is 1. The van der Waals surface area contributed by atoms with Gasteiger partial charge in [-0.15, -0.1) is 0 Å². The van der Waals surface area contributed by atoms with Crippen LogP contribution in [0.1, 0.15) is 10.4 Å². The van der Waals surface area contributed by atoms with Gasteiger partial charge in [0.25, 0.3) is 5.91 Å². The molecular weight excluding hydrogens is 357 g/mol. The number of hydrazine groups is 1. The lowest BCUT2D eigenvalue weighted by atomic mass is 10.2. The minimum atomic E-state index is -0.746. The van der Waals surface area contributed by atoms with Crippen LogP contribution < -0.4 is 16.2 Å². The molecule has 0 spiro atoms. The third-order valence-electron chi connectivity index (χ3n) is 3.37. The van der Waals surface area contributed by atoms with Crippen LogP contribution in [0.25, 0.3) is 0 Å². The van der Waals surface area contributed by atoms with Gasteiger partial charge in [-0.25, -0.2) is 14.4 Å². The van der Waals surface area contributed by atoms with Gasteiger partial charge in [-0.1, -0.05) is 12.1 Å². The number of amides is 1. The van der Waals surface area contributed by atoms with Crippen molar-refractivity contribution in [2.24, 2.45) is 0 Å². The molecule has 0 aliphatic carbocycles. The van der Waals surface area contributed by atoms with Gasteiger partial charge in [0.1, 0.15) is 12.1 Å². The Balaban J connectivity index is 1.84. The Hall–Kier alpha value is -4.15. The summed E-state index contributed by atoms with van der Waals surface area (Å²) in [7, 11) is 0. The summed E-state index contributed by atoms with van der Waals surface area (Å²) in [5, 5.41) is 14.0. The topological polar surface area (TPSA) is 135 Å². The highest BCUT2D eigenvalue weighted by Crippen LogP contribution is 2.31. The monoisotopic (exact) mass is 369 g/mol. The number of aromatic nitrogens is 3. The Morgan fingerprint density at radius 2 is 1.78 bits per heavy atom. The van der Waals surface area contributed by atoms with Crippen molar-refractivity contribution in [2.75, 3.05) is 10.7 Å². The minimum absolute atomic E-state index is 0.00562. The molecule has 1 amide bonds. The highest BCUT2D eigenvalue weighted by molar-refractivity contribution is 5.94. The molecule has 0 atom stereocenters. The van der Waals surface area contributed by atoms with Gasteiger partial charge >= 0.3 is 5.69 Å². The van der Waals surface area contributed by atoms with Crippen LogP contribution >= 0.6 is 0 Å². The predicted octanol–water partition coefficient (Wildman–Crippen LogP) is 2.42. The summed E-state index contributed by atoms with van der Waals surface area (Å²) in [5.74, 6) is -1.66. The van der Waals surface area contributed by atoms with E-state index >= 15 is 0 Å². The second-order valence-corrected chi connectivity index (χ2v) is 5.10. The maximum Gasteiger partial charge on any atom is 0.355 e. The summed E-state index contributed by atoms with van der Waals surface area (Å²) < 4.78 is 13.8. The average molecular weight is 369 g/mol. The van der Waals surface area contributed by atoms with Gasteiger partial charge in [-0.05, 0) is 24.3 Å². The summed E-state index contributed by atoms with van der Waals surface area (Å²) in [6.45, 7) is 0. The fraction of sp³-hybridized carbons (Fsp3) is 0. The zero-order valence-corrected chi connectivity index (χ0v) is 13.6. The number of hydrogen-bond acceptors (Lipinski definition) is 8. The molecule has 11 heteroatoms. The molecular formula is C16H12FN7O3. The quantitative estimate of drug-likeness (QED) is 0.445. The fourth-order valence-electron chi connectivity index (χ4n) is 2.12. The Kier molecular flexibility index (Phi) is 5.12. The number of halogens is 1. The molecule has 0 saturated carbocycles. The van der Waals surface area contributed by atoms with Crippen molar-refractivity contribution >= 4 is 28.9 Å². The third kappa shape index (κ3) is 4.10. The second kappa shape index (κ2) is 7.82. The highest BCUT2D eigenvalue weighted by Gasteiger charge is 2.24. The van der Waals surface area contributed by atoms with Gasteiger partial charge in [0.05, 0.1) is 10.6 Å². The number of para-hydroxylation sites is 1. The van der Waals surface area contributed by atoms with E-state index in [2.05, 4.69) is 31.1 Å². The average Bonchev–Trinajstić information content (AvgIpc) is 2.68. The molecule has 0 fully saturated rings. The molecule has 0 bridgehead atoms. The number of hydrogen-bond donors (Lipinski definition) is 3. The van der Waals surface area contributed by atoms with E-state index in [4.69, 9.17) is 0 Å². The molecule has 0 aliphatic rings. The van der Waals surface area contributed by atoms with E-state index in [0.717, 1.165) is 6.33 Å². The van der Waals surface area contributed by atoms with E-state index < -0.39 is 22.3 Å². The molecule has 0 unspecified atom stereocenters. The van der Waals surface area contributed by atoms with Crippen molar-refractivity contribution in [3.63, 3.8) is 0 Å². The van der Waals surface area contributed by atoms with Crippen LogP contribution in [-0.2, 0) is 0 Å². The molecule has 27 heavy (non-hydrogen) atoms. The Morgan fingerprint density at radius 1 is 1.07 bits per heavy atom. The number of rotatable bonds is 6.